The van der Waals surface area contributed by atoms with E-state index < -0.39 is 5.60 Å². The van der Waals surface area contributed by atoms with E-state index >= 15 is 0 Å². The van der Waals surface area contributed by atoms with Crippen molar-refractivity contribution in [3.63, 3.8) is 0 Å². The first-order chi connectivity index (χ1) is 10.2. The van der Waals surface area contributed by atoms with E-state index in [0.717, 1.165) is 11.5 Å². The molecule has 3 rings (SSSR count). The predicted molar refractivity (Wildman–Crippen MR) is 84.5 cm³/mol. The van der Waals surface area contributed by atoms with Gasteiger partial charge in [0.05, 0.1) is 5.60 Å². The Hall–Kier alpha value is -1.05. The summed E-state index contributed by atoms with van der Waals surface area (Å²) in [6, 6.07) is 5.09. The number of thioether (sulfide) groups is 2. The number of ether oxygens (including phenoxy) is 2. The van der Waals surface area contributed by atoms with E-state index in [9.17, 15) is 9.90 Å². The number of nitrogens with one attached hydrogen (secondary N) is 1. The number of carbonyl (C=O) groups excluding carboxylic acids is 1. The van der Waals surface area contributed by atoms with Crippen LogP contribution in [-0.2, 0) is 0 Å². The van der Waals surface area contributed by atoms with Crippen LogP contribution in [0.2, 0.25) is 0 Å². The Balaban J connectivity index is 1.61. The lowest BCUT2D eigenvalue weighted by Gasteiger charge is -2.25. The molecule has 1 fully saturated rings. The lowest BCUT2D eigenvalue weighted by Crippen LogP contribution is -2.46. The molecule has 0 radical (unpaired) electrons. The fraction of sp³-hybridized carbons (Fsp3) is 0.500. The molecule has 1 aromatic carbocycles. The van der Waals surface area contributed by atoms with Crippen molar-refractivity contribution in [3.8, 4) is 11.5 Å². The molecule has 5 nitrogen and oxygen atoms in total. The summed E-state index contributed by atoms with van der Waals surface area (Å²) in [7, 11) is 0. The first-order valence-electron chi connectivity index (χ1n) is 6.72. The Morgan fingerprint density at radius 1 is 1.24 bits per heavy atom. The van der Waals surface area contributed by atoms with Crippen molar-refractivity contribution in [1.82, 2.24) is 5.32 Å². The molecule has 0 aliphatic carbocycles. The highest BCUT2D eigenvalue weighted by Crippen LogP contribution is 2.32. The van der Waals surface area contributed by atoms with Gasteiger partial charge in [-0.1, -0.05) is 0 Å². The number of fused-ring (bicyclic) bond motifs is 1. The van der Waals surface area contributed by atoms with Gasteiger partial charge in [0.2, 0.25) is 6.79 Å². The van der Waals surface area contributed by atoms with Crippen molar-refractivity contribution >= 4 is 29.4 Å². The van der Waals surface area contributed by atoms with Crippen LogP contribution in [0.15, 0.2) is 18.2 Å². The topological polar surface area (TPSA) is 67.8 Å². The Bertz CT molecular complexity index is 530. The molecular weight excluding hydrogens is 310 g/mol. The molecule has 0 spiro atoms. The van der Waals surface area contributed by atoms with Crippen LogP contribution in [-0.4, -0.2) is 53.0 Å². The number of hydrogen-bond acceptors (Lipinski definition) is 6. The largest absolute Gasteiger partial charge is 0.454 e. The molecule has 2 aliphatic heterocycles. The van der Waals surface area contributed by atoms with Gasteiger partial charge in [-0.05, 0) is 18.2 Å². The van der Waals surface area contributed by atoms with Gasteiger partial charge in [-0.3, -0.25) is 4.79 Å². The van der Waals surface area contributed by atoms with Crippen LogP contribution in [0.5, 0.6) is 11.5 Å². The van der Waals surface area contributed by atoms with Gasteiger partial charge in [-0.2, -0.15) is 23.5 Å². The number of benzene rings is 1. The van der Waals surface area contributed by atoms with Crippen LogP contribution in [0, 0.1) is 0 Å². The van der Waals surface area contributed by atoms with Gasteiger partial charge < -0.3 is 19.9 Å². The Kier molecular flexibility index (Phi) is 4.51. The average molecular weight is 327 g/mol. The first kappa shape index (κ1) is 14.9. The summed E-state index contributed by atoms with van der Waals surface area (Å²) < 4.78 is 10.5. The van der Waals surface area contributed by atoms with Gasteiger partial charge in [0.25, 0.3) is 5.91 Å². The second kappa shape index (κ2) is 6.37. The molecule has 2 N–H and O–H groups in total. The zero-order valence-electron chi connectivity index (χ0n) is 11.5. The molecule has 114 valence electrons. The molecular formula is C14H17NO4S2. The van der Waals surface area contributed by atoms with Crippen molar-refractivity contribution in [1.29, 1.82) is 0 Å². The van der Waals surface area contributed by atoms with Crippen LogP contribution >= 0.6 is 23.5 Å². The maximum absolute atomic E-state index is 12.2. The normalized spacial score (nSPS) is 19.9. The van der Waals surface area contributed by atoms with E-state index in [1.165, 1.54) is 0 Å². The highest BCUT2D eigenvalue weighted by atomic mass is 32.2. The molecule has 7 heteroatoms. The molecule has 0 unspecified atom stereocenters. The SMILES string of the molecule is O=C(NCC1(O)CSCCSC1)c1ccc2c(c1)OCO2. The molecule has 0 atom stereocenters. The van der Waals surface area contributed by atoms with Crippen molar-refractivity contribution in [2.24, 2.45) is 0 Å². The summed E-state index contributed by atoms with van der Waals surface area (Å²) in [4.78, 5) is 12.2. The summed E-state index contributed by atoms with van der Waals surface area (Å²) in [6.07, 6.45) is 0. The first-order valence-corrected chi connectivity index (χ1v) is 9.03. The minimum atomic E-state index is -0.835. The number of rotatable bonds is 3. The number of carbonyl (C=O) groups is 1. The van der Waals surface area contributed by atoms with Gasteiger partial charge in [0.1, 0.15) is 0 Å². The van der Waals surface area contributed by atoms with Gasteiger partial charge in [-0.25, -0.2) is 0 Å². The molecule has 0 saturated carbocycles. The van der Waals surface area contributed by atoms with Crippen molar-refractivity contribution in [2.45, 2.75) is 5.60 Å². The minimum Gasteiger partial charge on any atom is -0.454 e. The molecule has 0 aromatic heterocycles. The zero-order chi connectivity index (χ0) is 14.7. The van der Waals surface area contributed by atoms with Crippen LogP contribution in [0.3, 0.4) is 0 Å². The zero-order valence-corrected chi connectivity index (χ0v) is 13.1. The molecule has 1 saturated heterocycles. The van der Waals surface area contributed by atoms with Crippen LogP contribution in [0.1, 0.15) is 10.4 Å². The summed E-state index contributed by atoms with van der Waals surface area (Å²) in [5.74, 6) is 4.43. The van der Waals surface area contributed by atoms with E-state index in [-0.39, 0.29) is 19.2 Å². The maximum atomic E-state index is 12.2. The van der Waals surface area contributed by atoms with E-state index in [0.29, 0.717) is 28.6 Å². The van der Waals surface area contributed by atoms with Crippen LogP contribution < -0.4 is 14.8 Å². The third kappa shape index (κ3) is 3.59. The quantitative estimate of drug-likeness (QED) is 0.874. The second-order valence-corrected chi connectivity index (χ2v) is 7.29. The lowest BCUT2D eigenvalue weighted by atomic mass is 10.1. The van der Waals surface area contributed by atoms with Gasteiger partial charge >= 0.3 is 0 Å². The third-order valence-corrected chi connectivity index (χ3v) is 6.05. The Morgan fingerprint density at radius 2 is 1.95 bits per heavy atom. The third-order valence-electron chi connectivity index (χ3n) is 3.33. The van der Waals surface area contributed by atoms with E-state index in [4.69, 9.17) is 9.47 Å². The smallest absolute Gasteiger partial charge is 0.251 e. The summed E-state index contributed by atoms with van der Waals surface area (Å²) in [5.41, 5.74) is -0.325. The fourth-order valence-corrected chi connectivity index (χ4v) is 4.70. The highest BCUT2D eigenvalue weighted by molar-refractivity contribution is 8.03. The number of aliphatic hydroxyl groups is 1. The van der Waals surface area contributed by atoms with Crippen LogP contribution in [0.25, 0.3) is 0 Å². The Labute approximate surface area is 131 Å². The fourth-order valence-electron chi connectivity index (χ4n) is 2.17. The second-order valence-electron chi connectivity index (χ2n) is 5.08. The summed E-state index contributed by atoms with van der Waals surface area (Å²) in [6.45, 7) is 0.453. The summed E-state index contributed by atoms with van der Waals surface area (Å²) >= 11 is 3.46. The molecule has 1 amide bonds. The average Bonchev–Trinajstić information content (AvgIpc) is 2.85. The monoisotopic (exact) mass is 327 g/mol. The van der Waals surface area contributed by atoms with E-state index in [1.807, 2.05) is 0 Å². The predicted octanol–water partition coefficient (Wildman–Crippen LogP) is 1.36. The molecule has 2 aliphatic rings. The van der Waals surface area contributed by atoms with E-state index in [2.05, 4.69) is 5.32 Å². The van der Waals surface area contributed by atoms with Gasteiger partial charge in [0, 0.05) is 35.1 Å². The molecule has 21 heavy (non-hydrogen) atoms. The van der Waals surface area contributed by atoms with Crippen molar-refractivity contribution < 1.29 is 19.4 Å². The van der Waals surface area contributed by atoms with Gasteiger partial charge in [-0.15, -0.1) is 0 Å². The molecule has 2 heterocycles. The van der Waals surface area contributed by atoms with Gasteiger partial charge in [0.15, 0.2) is 11.5 Å². The number of hydrogen-bond donors (Lipinski definition) is 2. The lowest BCUT2D eigenvalue weighted by molar-refractivity contribution is 0.0753. The maximum Gasteiger partial charge on any atom is 0.251 e. The standard InChI is InChI=1S/C14H17NO4S2/c16-13(10-1-2-11-12(5-10)19-9-18-11)15-6-14(17)7-20-3-4-21-8-14/h1-2,5,17H,3-4,6-9H2,(H,15,16). The summed E-state index contributed by atoms with van der Waals surface area (Å²) in [5, 5.41) is 13.3. The molecule has 0 bridgehead atoms. The van der Waals surface area contributed by atoms with E-state index in [1.54, 1.807) is 41.7 Å². The Morgan fingerprint density at radius 3 is 2.71 bits per heavy atom. The van der Waals surface area contributed by atoms with Crippen molar-refractivity contribution in [3.05, 3.63) is 23.8 Å². The van der Waals surface area contributed by atoms with Crippen LogP contribution in [0.4, 0.5) is 0 Å². The number of amides is 1. The highest BCUT2D eigenvalue weighted by Gasteiger charge is 2.29. The minimum absolute atomic E-state index is 0.189. The molecule has 1 aromatic rings. The van der Waals surface area contributed by atoms with Crippen molar-refractivity contribution in [2.75, 3.05) is 36.3 Å².